The molecule has 0 unspecified atom stereocenters. The van der Waals surface area contributed by atoms with Gasteiger partial charge in [0.15, 0.2) is 0 Å². The van der Waals surface area contributed by atoms with Crippen molar-refractivity contribution in [2.45, 2.75) is 45.3 Å². The van der Waals surface area contributed by atoms with Crippen LogP contribution in [-0.4, -0.2) is 74.1 Å². The molecule has 176 valence electrons. The van der Waals surface area contributed by atoms with Crippen LogP contribution in [0.15, 0.2) is 41.5 Å². The van der Waals surface area contributed by atoms with Crippen molar-refractivity contribution in [2.75, 3.05) is 39.0 Å². The highest BCUT2D eigenvalue weighted by atomic mass is 32.2. The summed E-state index contributed by atoms with van der Waals surface area (Å²) in [5.74, 6) is -0.767. The van der Waals surface area contributed by atoms with Gasteiger partial charge in [-0.1, -0.05) is 30.3 Å². The van der Waals surface area contributed by atoms with Gasteiger partial charge in [-0.15, -0.1) is 0 Å². The van der Waals surface area contributed by atoms with Crippen LogP contribution in [0.4, 0.5) is 0 Å². The first kappa shape index (κ1) is 24.4. The molecule has 0 radical (unpaired) electrons. The van der Waals surface area contributed by atoms with Crippen LogP contribution in [-0.2, 0) is 30.9 Å². The Morgan fingerprint density at radius 1 is 1.22 bits per heavy atom. The van der Waals surface area contributed by atoms with E-state index < -0.39 is 21.6 Å². The van der Waals surface area contributed by atoms with Crippen LogP contribution < -0.4 is 5.32 Å². The Kier molecular flexibility index (Phi) is 7.74. The third kappa shape index (κ3) is 5.39. The van der Waals surface area contributed by atoms with Crippen LogP contribution in [0.25, 0.3) is 0 Å². The fourth-order valence-corrected chi connectivity index (χ4v) is 5.50. The Labute approximate surface area is 190 Å². The number of nitrogens with one attached hydrogen (secondary N) is 1. The number of nitrogens with zero attached hydrogens (tertiary/aromatic N) is 2. The third-order valence-corrected chi connectivity index (χ3v) is 8.12. The van der Waals surface area contributed by atoms with Gasteiger partial charge in [-0.2, -0.15) is 0 Å². The van der Waals surface area contributed by atoms with Crippen LogP contribution >= 0.6 is 0 Å². The average Bonchev–Trinajstić information content (AvgIpc) is 3.01. The molecular formula is C23H33N3O5S. The van der Waals surface area contributed by atoms with E-state index in [4.69, 9.17) is 4.74 Å². The van der Waals surface area contributed by atoms with E-state index in [0.29, 0.717) is 17.7 Å². The molecule has 9 heteroatoms. The molecule has 32 heavy (non-hydrogen) atoms. The summed E-state index contributed by atoms with van der Waals surface area (Å²) in [5.41, 5.74) is 0.874. The molecule has 0 aliphatic carbocycles. The fraction of sp³-hybridized carbons (Fsp3) is 0.565. The predicted molar refractivity (Wildman–Crippen MR) is 122 cm³/mol. The van der Waals surface area contributed by atoms with Gasteiger partial charge in [0, 0.05) is 44.6 Å². The van der Waals surface area contributed by atoms with E-state index >= 15 is 0 Å². The van der Waals surface area contributed by atoms with Gasteiger partial charge in [0.2, 0.25) is 10.0 Å². The number of rotatable bonds is 9. The molecule has 2 aliphatic heterocycles. The molecule has 1 spiro atoms. The zero-order valence-corrected chi connectivity index (χ0v) is 19.9. The minimum absolute atomic E-state index is 0.0285. The molecule has 1 fully saturated rings. The average molecular weight is 464 g/mol. The SMILES string of the molecule is CCS(=O)(=O)N1CCC2(CC1)OC(=O)C(C)=C2C(=O)NCCCN(C)Cc1ccccc1. The highest BCUT2D eigenvalue weighted by Crippen LogP contribution is 2.41. The van der Waals surface area contributed by atoms with E-state index in [1.165, 1.54) is 9.87 Å². The monoisotopic (exact) mass is 463 g/mol. The lowest BCUT2D eigenvalue weighted by Gasteiger charge is -2.38. The van der Waals surface area contributed by atoms with Gasteiger partial charge in [0.05, 0.1) is 11.3 Å². The van der Waals surface area contributed by atoms with Crippen molar-refractivity contribution in [1.82, 2.24) is 14.5 Å². The molecule has 1 aromatic carbocycles. The minimum atomic E-state index is -3.31. The Hall–Kier alpha value is -2.23. The number of piperidine rings is 1. The summed E-state index contributed by atoms with van der Waals surface area (Å²) in [4.78, 5) is 27.5. The van der Waals surface area contributed by atoms with Crippen molar-refractivity contribution < 1.29 is 22.7 Å². The van der Waals surface area contributed by atoms with Crippen molar-refractivity contribution in [2.24, 2.45) is 0 Å². The molecule has 1 saturated heterocycles. The Morgan fingerprint density at radius 3 is 2.50 bits per heavy atom. The summed E-state index contributed by atoms with van der Waals surface area (Å²) in [6, 6.07) is 10.2. The topological polar surface area (TPSA) is 96.0 Å². The number of carbonyl (C=O) groups is 2. The number of hydrogen-bond donors (Lipinski definition) is 1. The number of benzene rings is 1. The van der Waals surface area contributed by atoms with E-state index in [1.54, 1.807) is 13.8 Å². The summed E-state index contributed by atoms with van der Waals surface area (Å²) in [7, 11) is -1.27. The minimum Gasteiger partial charge on any atom is -0.450 e. The highest BCUT2D eigenvalue weighted by molar-refractivity contribution is 7.89. The lowest BCUT2D eigenvalue weighted by atomic mass is 9.83. The molecule has 8 nitrogen and oxygen atoms in total. The first-order valence-corrected chi connectivity index (χ1v) is 12.7. The maximum Gasteiger partial charge on any atom is 0.335 e. The summed E-state index contributed by atoms with van der Waals surface area (Å²) in [5, 5.41) is 2.93. The van der Waals surface area contributed by atoms with Crippen LogP contribution in [0, 0.1) is 0 Å². The van der Waals surface area contributed by atoms with E-state index in [-0.39, 0.29) is 37.6 Å². The molecular weight excluding hydrogens is 430 g/mol. The van der Waals surface area contributed by atoms with E-state index in [0.717, 1.165) is 19.5 Å². The summed E-state index contributed by atoms with van der Waals surface area (Å²) in [6.07, 6.45) is 1.35. The van der Waals surface area contributed by atoms with Gasteiger partial charge in [0.25, 0.3) is 5.91 Å². The van der Waals surface area contributed by atoms with Crippen molar-refractivity contribution in [3.05, 3.63) is 47.0 Å². The van der Waals surface area contributed by atoms with Crippen LogP contribution in [0.3, 0.4) is 0 Å². The second kappa shape index (κ2) is 10.1. The number of carbonyl (C=O) groups excluding carboxylic acids is 2. The van der Waals surface area contributed by atoms with Crippen LogP contribution in [0.5, 0.6) is 0 Å². The Morgan fingerprint density at radius 2 is 1.88 bits per heavy atom. The summed E-state index contributed by atoms with van der Waals surface area (Å²) >= 11 is 0. The smallest absolute Gasteiger partial charge is 0.335 e. The van der Waals surface area contributed by atoms with Gasteiger partial charge in [0.1, 0.15) is 5.60 Å². The van der Waals surface area contributed by atoms with Crippen molar-refractivity contribution in [1.29, 1.82) is 0 Å². The normalized spacial score (nSPS) is 18.9. The first-order chi connectivity index (χ1) is 15.2. The number of esters is 1. The largest absolute Gasteiger partial charge is 0.450 e. The maximum absolute atomic E-state index is 13.0. The maximum atomic E-state index is 13.0. The van der Waals surface area contributed by atoms with Crippen LogP contribution in [0.1, 0.15) is 38.7 Å². The quantitative estimate of drug-likeness (QED) is 0.442. The fourth-order valence-electron chi connectivity index (χ4n) is 4.40. The summed E-state index contributed by atoms with van der Waals surface area (Å²) < 4.78 is 31.4. The Bertz CT molecular complexity index is 967. The standard InChI is InChI=1S/C23H33N3O5S/c1-4-32(29,30)26-15-11-23(12-16-26)20(18(2)22(28)31-23)21(27)24-13-8-14-25(3)17-19-9-6-5-7-10-19/h5-7,9-10H,4,8,11-17H2,1-3H3,(H,24,27). The lowest BCUT2D eigenvalue weighted by molar-refractivity contribution is -0.150. The lowest BCUT2D eigenvalue weighted by Crippen LogP contribution is -2.50. The molecule has 2 aliphatic rings. The second-order valence-electron chi connectivity index (χ2n) is 8.52. The number of sulfonamides is 1. The zero-order valence-electron chi connectivity index (χ0n) is 19.1. The van der Waals surface area contributed by atoms with Crippen molar-refractivity contribution >= 4 is 21.9 Å². The second-order valence-corrected chi connectivity index (χ2v) is 10.8. The number of hydrogen-bond acceptors (Lipinski definition) is 6. The van der Waals surface area contributed by atoms with Crippen molar-refractivity contribution in [3.63, 3.8) is 0 Å². The van der Waals surface area contributed by atoms with E-state index in [9.17, 15) is 18.0 Å². The Balaban J connectivity index is 1.54. The first-order valence-electron chi connectivity index (χ1n) is 11.1. The molecule has 0 atom stereocenters. The van der Waals surface area contributed by atoms with E-state index in [1.807, 2.05) is 25.2 Å². The highest BCUT2D eigenvalue weighted by Gasteiger charge is 2.51. The molecule has 0 saturated carbocycles. The van der Waals surface area contributed by atoms with Gasteiger partial charge >= 0.3 is 5.97 Å². The van der Waals surface area contributed by atoms with E-state index in [2.05, 4.69) is 22.3 Å². The van der Waals surface area contributed by atoms with Crippen LogP contribution in [0.2, 0.25) is 0 Å². The molecule has 3 rings (SSSR count). The molecule has 0 bridgehead atoms. The van der Waals surface area contributed by atoms with Gasteiger partial charge in [-0.25, -0.2) is 17.5 Å². The van der Waals surface area contributed by atoms with Gasteiger partial charge in [-0.3, -0.25) is 4.79 Å². The van der Waals surface area contributed by atoms with Gasteiger partial charge in [-0.05, 0) is 39.4 Å². The molecule has 2 heterocycles. The molecule has 0 aromatic heterocycles. The predicted octanol–water partition coefficient (Wildman–Crippen LogP) is 1.68. The van der Waals surface area contributed by atoms with Crippen molar-refractivity contribution in [3.8, 4) is 0 Å². The zero-order chi connectivity index (χ0) is 23.4. The molecule has 1 amide bonds. The number of ether oxygens (including phenoxy) is 1. The molecule has 1 N–H and O–H groups in total. The molecule has 1 aromatic rings. The number of amides is 1. The summed E-state index contributed by atoms with van der Waals surface area (Å²) in [6.45, 7) is 5.81. The van der Waals surface area contributed by atoms with Gasteiger partial charge < -0.3 is 15.0 Å². The third-order valence-electron chi connectivity index (χ3n) is 6.24.